The van der Waals surface area contributed by atoms with Crippen molar-refractivity contribution in [1.29, 1.82) is 0 Å². The molecule has 1 N–H and O–H groups in total. The van der Waals surface area contributed by atoms with E-state index >= 15 is 0 Å². The van der Waals surface area contributed by atoms with Crippen LogP contribution in [0.2, 0.25) is 0 Å². The van der Waals surface area contributed by atoms with Crippen LogP contribution in [0, 0.1) is 5.41 Å². The minimum atomic E-state index is -0.183. The maximum atomic E-state index is 9.07. The fourth-order valence-electron chi connectivity index (χ4n) is 1.05. The quantitative estimate of drug-likeness (QED) is 0.622. The summed E-state index contributed by atoms with van der Waals surface area (Å²) in [7, 11) is 0. The van der Waals surface area contributed by atoms with Crippen LogP contribution in [0.25, 0.3) is 0 Å². The van der Waals surface area contributed by atoms with Crippen molar-refractivity contribution in [2.24, 2.45) is 5.41 Å². The fourth-order valence-corrected chi connectivity index (χ4v) is 1.05. The molecule has 0 bridgehead atoms. The van der Waals surface area contributed by atoms with Crippen molar-refractivity contribution in [2.45, 2.75) is 40.4 Å². The SMILES string of the molecule is CCOC(CC(C)(C)CO)OCC. The van der Waals surface area contributed by atoms with Crippen molar-refractivity contribution in [3.63, 3.8) is 0 Å². The van der Waals surface area contributed by atoms with E-state index in [2.05, 4.69) is 0 Å². The van der Waals surface area contributed by atoms with E-state index in [-0.39, 0.29) is 18.3 Å². The summed E-state index contributed by atoms with van der Waals surface area (Å²) >= 11 is 0. The summed E-state index contributed by atoms with van der Waals surface area (Å²) in [6, 6.07) is 0. The van der Waals surface area contributed by atoms with Crippen molar-refractivity contribution >= 4 is 0 Å². The highest BCUT2D eigenvalue weighted by atomic mass is 16.7. The number of hydrogen-bond donors (Lipinski definition) is 1. The summed E-state index contributed by atoms with van der Waals surface area (Å²) in [4.78, 5) is 0. The summed E-state index contributed by atoms with van der Waals surface area (Å²) in [6.45, 7) is 9.33. The summed E-state index contributed by atoms with van der Waals surface area (Å²) in [5, 5.41) is 9.07. The van der Waals surface area contributed by atoms with Gasteiger partial charge >= 0.3 is 0 Å². The van der Waals surface area contributed by atoms with Crippen LogP contribution < -0.4 is 0 Å². The molecule has 3 heteroatoms. The Hall–Kier alpha value is -0.120. The second-order valence-corrected chi connectivity index (χ2v) is 3.87. The summed E-state index contributed by atoms with van der Waals surface area (Å²) in [5.74, 6) is 0. The van der Waals surface area contributed by atoms with Crippen LogP contribution in [0.1, 0.15) is 34.1 Å². The van der Waals surface area contributed by atoms with Crippen LogP contribution in [0.5, 0.6) is 0 Å². The van der Waals surface area contributed by atoms with Gasteiger partial charge in [-0.15, -0.1) is 0 Å². The molecule has 0 aromatic heterocycles. The molecule has 0 aromatic rings. The topological polar surface area (TPSA) is 38.7 Å². The van der Waals surface area contributed by atoms with Gasteiger partial charge in [0, 0.05) is 26.2 Å². The van der Waals surface area contributed by atoms with Gasteiger partial charge in [0.25, 0.3) is 0 Å². The second kappa shape index (κ2) is 6.35. The van der Waals surface area contributed by atoms with Gasteiger partial charge in [0.1, 0.15) is 0 Å². The third-order valence-corrected chi connectivity index (χ3v) is 1.85. The van der Waals surface area contributed by atoms with Gasteiger partial charge in [-0.3, -0.25) is 0 Å². The number of ether oxygens (including phenoxy) is 2. The first-order chi connectivity index (χ1) is 6.05. The van der Waals surface area contributed by atoms with Gasteiger partial charge in [0.05, 0.1) is 0 Å². The highest BCUT2D eigenvalue weighted by Crippen LogP contribution is 2.23. The lowest BCUT2D eigenvalue weighted by molar-refractivity contribution is -0.156. The van der Waals surface area contributed by atoms with Crippen LogP contribution in [0.4, 0.5) is 0 Å². The molecule has 0 radical (unpaired) electrons. The van der Waals surface area contributed by atoms with Gasteiger partial charge in [-0.1, -0.05) is 13.8 Å². The third-order valence-electron chi connectivity index (χ3n) is 1.85. The van der Waals surface area contributed by atoms with E-state index in [0.717, 1.165) is 6.42 Å². The number of aliphatic hydroxyl groups excluding tert-OH is 1. The lowest BCUT2D eigenvalue weighted by Gasteiger charge is -2.27. The number of aliphatic hydroxyl groups is 1. The molecule has 0 spiro atoms. The number of hydrogen-bond acceptors (Lipinski definition) is 3. The molecule has 0 aliphatic rings. The normalized spacial score (nSPS) is 12.5. The predicted molar refractivity (Wildman–Crippen MR) is 52.5 cm³/mol. The molecule has 0 aromatic carbocycles. The summed E-state index contributed by atoms with van der Waals surface area (Å²) < 4.78 is 10.8. The molecule has 0 unspecified atom stereocenters. The molecular formula is C10H22O3. The summed E-state index contributed by atoms with van der Waals surface area (Å²) in [6.07, 6.45) is 0.544. The average Bonchev–Trinajstić information content (AvgIpc) is 2.05. The van der Waals surface area contributed by atoms with Gasteiger partial charge in [0.15, 0.2) is 6.29 Å². The highest BCUT2D eigenvalue weighted by molar-refractivity contribution is 4.68. The Labute approximate surface area is 81.0 Å². The van der Waals surface area contributed by atoms with Crippen molar-refractivity contribution in [3.8, 4) is 0 Å². The van der Waals surface area contributed by atoms with E-state index in [0.29, 0.717) is 13.2 Å². The molecule has 0 heterocycles. The van der Waals surface area contributed by atoms with E-state index in [1.165, 1.54) is 0 Å². The molecule has 0 rings (SSSR count). The fraction of sp³-hybridized carbons (Fsp3) is 1.00. The molecular weight excluding hydrogens is 168 g/mol. The zero-order chi connectivity index (χ0) is 10.3. The molecule has 0 saturated carbocycles. The second-order valence-electron chi connectivity index (χ2n) is 3.87. The van der Waals surface area contributed by atoms with E-state index in [4.69, 9.17) is 14.6 Å². The zero-order valence-corrected chi connectivity index (χ0v) is 9.17. The van der Waals surface area contributed by atoms with Crippen LogP contribution in [-0.4, -0.2) is 31.2 Å². The van der Waals surface area contributed by atoms with Crippen LogP contribution in [0.15, 0.2) is 0 Å². The van der Waals surface area contributed by atoms with E-state index in [1.807, 2.05) is 27.7 Å². The van der Waals surface area contributed by atoms with Crippen LogP contribution >= 0.6 is 0 Å². The van der Waals surface area contributed by atoms with Crippen molar-refractivity contribution in [1.82, 2.24) is 0 Å². The molecule has 0 amide bonds. The minimum absolute atomic E-state index is 0.130. The third kappa shape index (κ3) is 6.02. The number of rotatable bonds is 7. The maximum Gasteiger partial charge on any atom is 0.158 e. The van der Waals surface area contributed by atoms with Crippen molar-refractivity contribution < 1.29 is 14.6 Å². The van der Waals surface area contributed by atoms with Crippen molar-refractivity contribution in [2.75, 3.05) is 19.8 Å². The van der Waals surface area contributed by atoms with Crippen LogP contribution in [-0.2, 0) is 9.47 Å². The molecule has 80 valence electrons. The molecule has 0 fully saturated rings. The first-order valence-corrected chi connectivity index (χ1v) is 4.89. The maximum absolute atomic E-state index is 9.07. The zero-order valence-electron chi connectivity index (χ0n) is 9.17. The Morgan fingerprint density at radius 2 is 1.62 bits per heavy atom. The molecule has 0 aliphatic heterocycles. The Kier molecular flexibility index (Phi) is 6.29. The predicted octanol–water partition coefficient (Wildman–Crippen LogP) is 1.79. The molecule has 13 heavy (non-hydrogen) atoms. The average molecular weight is 190 g/mol. The van der Waals surface area contributed by atoms with E-state index in [1.54, 1.807) is 0 Å². The van der Waals surface area contributed by atoms with Gasteiger partial charge in [-0.05, 0) is 19.3 Å². The smallest absolute Gasteiger partial charge is 0.158 e. The van der Waals surface area contributed by atoms with E-state index < -0.39 is 0 Å². The highest BCUT2D eigenvalue weighted by Gasteiger charge is 2.23. The van der Waals surface area contributed by atoms with Crippen LogP contribution in [0.3, 0.4) is 0 Å². The van der Waals surface area contributed by atoms with Crippen molar-refractivity contribution in [3.05, 3.63) is 0 Å². The van der Waals surface area contributed by atoms with Gasteiger partial charge in [0.2, 0.25) is 0 Å². The largest absolute Gasteiger partial charge is 0.396 e. The molecule has 3 nitrogen and oxygen atoms in total. The first kappa shape index (κ1) is 12.9. The lowest BCUT2D eigenvalue weighted by atomic mass is 9.90. The van der Waals surface area contributed by atoms with Gasteiger partial charge in [-0.2, -0.15) is 0 Å². The standard InChI is InChI=1S/C10H22O3/c1-5-12-9(13-6-2)7-10(3,4)8-11/h9,11H,5-8H2,1-4H3. The molecule has 0 atom stereocenters. The molecule has 0 saturated heterocycles. The Balaban J connectivity index is 3.92. The van der Waals surface area contributed by atoms with Gasteiger partial charge < -0.3 is 14.6 Å². The Bertz CT molecular complexity index is 117. The van der Waals surface area contributed by atoms with E-state index in [9.17, 15) is 0 Å². The molecule has 0 aliphatic carbocycles. The Morgan fingerprint density at radius 1 is 1.15 bits per heavy atom. The Morgan fingerprint density at radius 3 is 1.92 bits per heavy atom. The monoisotopic (exact) mass is 190 g/mol. The van der Waals surface area contributed by atoms with Gasteiger partial charge in [-0.25, -0.2) is 0 Å². The lowest BCUT2D eigenvalue weighted by Crippen LogP contribution is -2.28. The summed E-state index contributed by atoms with van der Waals surface area (Å²) in [5.41, 5.74) is -0.130. The first-order valence-electron chi connectivity index (χ1n) is 4.89. The minimum Gasteiger partial charge on any atom is -0.396 e.